The summed E-state index contributed by atoms with van der Waals surface area (Å²) >= 11 is 0. The Morgan fingerprint density at radius 1 is 1.47 bits per heavy atom. The van der Waals surface area contributed by atoms with E-state index < -0.39 is 0 Å². The number of hydrogen-bond donors (Lipinski definition) is 1. The van der Waals surface area contributed by atoms with Crippen molar-refractivity contribution in [1.82, 2.24) is 10.3 Å². The van der Waals surface area contributed by atoms with E-state index in [-0.39, 0.29) is 0 Å². The van der Waals surface area contributed by atoms with Gasteiger partial charge in [0.15, 0.2) is 0 Å². The van der Waals surface area contributed by atoms with Gasteiger partial charge in [0, 0.05) is 42.8 Å². The molecule has 1 aromatic heterocycles. The number of aromatic nitrogens is 1. The lowest BCUT2D eigenvalue weighted by molar-refractivity contribution is 0.551. The fraction of sp³-hybridized carbons (Fsp3) is 0.562. The molecule has 1 aromatic rings. The molecule has 0 aromatic carbocycles. The van der Waals surface area contributed by atoms with Crippen molar-refractivity contribution in [2.45, 2.75) is 34.2 Å². The van der Waals surface area contributed by atoms with Crippen LogP contribution < -0.4 is 10.2 Å². The van der Waals surface area contributed by atoms with Gasteiger partial charge in [-0.3, -0.25) is 4.98 Å². The molecule has 19 heavy (non-hydrogen) atoms. The maximum Gasteiger partial charge on any atom is 0.0448 e. The van der Waals surface area contributed by atoms with Crippen LogP contribution in [0.4, 0.5) is 5.69 Å². The number of pyridine rings is 1. The van der Waals surface area contributed by atoms with E-state index in [9.17, 15) is 0 Å². The van der Waals surface area contributed by atoms with Gasteiger partial charge >= 0.3 is 0 Å². The molecule has 1 rings (SSSR count). The van der Waals surface area contributed by atoms with Gasteiger partial charge < -0.3 is 10.2 Å². The van der Waals surface area contributed by atoms with Gasteiger partial charge in [0.05, 0.1) is 0 Å². The van der Waals surface area contributed by atoms with Crippen molar-refractivity contribution in [1.29, 1.82) is 0 Å². The molecule has 0 radical (unpaired) electrons. The fourth-order valence-electron chi connectivity index (χ4n) is 2.05. The topological polar surface area (TPSA) is 28.2 Å². The molecule has 1 N–H and O–H groups in total. The molecular weight excluding hydrogens is 234 g/mol. The zero-order valence-corrected chi connectivity index (χ0v) is 12.7. The van der Waals surface area contributed by atoms with Crippen LogP contribution in [-0.4, -0.2) is 24.6 Å². The molecule has 106 valence electrons. The highest BCUT2D eigenvalue weighted by Gasteiger charge is 2.09. The molecule has 0 amide bonds. The van der Waals surface area contributed by atoms with E-state index >= 15 is 0 Å². The molecule has 0 atom stereocenters. The highest BCUT2D eigenvalue weighted by molar-refractivity contribution is 5.54. The van der Waals surface area contributed by atoms with Gasteiger partial charge in [-0.25, -0.2) is 0 Å². The molecule has 0 aliphatic heterocycles. The predicted octanol–water partition coefficient (Wildman–Crippen LogP) is 3.15. The van der Waals surface area contributed by atoms with Gasteiger partial charge in [-0.2, -0.15) is 0 Å². The Kier molecular flexibility index (Phi) is 6.57. The molecule has 3 heteroatoms. The summed E-state index contributed by atoms with van der Waals surface area (Å²) in [5, 5.41) is 3.49. The SMILES string of the molecule is C=CCN(CC)c1cc(C)ncc1CNCC(C)C. The first-order valence-electron chi connectivity index (χ1n) is 7.10. The smallest absolute Gasteiger partial charge is 0.0448 e. The highest BCUT2D eigenvalue weighted by atomic mass is 15.1. The molecule has 3 nitrogen and oxygen atoms in total. The summed E-state index contributed by atoms with van der Waals surface area (Å²) < 4.78 is 0. The van der Waals surface area contributed by atoms with Crippen LogP contribution in [0.3, 0.4) is 0 Å². The lowest BCUT2D eigenvalue weighted by Crippen LogP contribution is -2.26. The van der Waals surface area contributed by atoms with E-state index in [1.54, 1.807) is 0 Å². The van der Waals surface area contributed by atoms with Gasteiger partial charge in [-0.15, -0.1) is 6.58 Å². The molecule has 0 fully saturated rings. The standard InChI is InChI=1S/C16H27N3/c1-6-8-19(7-2)16-9-14(5)18-12-15(16)11-17-10-13(3)4/h6,9,12-13,17H,1,7-8,10-11H2,2-5H3. The van der Waals surface area contributed by atoms with E-state index in [1.165, 1.54) is 11.3 Å². The average molecular weight is 261 g/mol. The number of rotatable bonds is 8. The summed E-state index contributed by atoms with van der Waals surface area (Å²) in [5.74, 6) is 0.664. The number of likely N-dealkylation sites (N-methyl/N-ethyl adjacent to an activating group) is 1. The third-order valence-electron chi connectivity index (χ3n) is 3.04. The zero-order valence-electron chi connectivity index (χ0n) is 12.7. The molecule has 0 aliphatic carbocycles. The van der Waals surface area contributed by atoms with Crippen molar-refractivity contribution < 1.29 is 0 Å². The second-order valence-corrected chi connectivity index (χ2v) is 5.31. The molecule has 1 heterocycles. The van der Waals surface area contributed by atoms with Crippen molar-refractivity contribution >= 4 is 5.69 Å². The molecular formula is C16H27N3. The van der Waals surface area contributed by atoms with Crippen molar-refractivity contribution in [2.24, 2.45) is 5.92 Å². The molecule has 0 saturated heterocycles. The number of anilines is 1. The van der Waals surface area contributed by atoms with Crippen molar-refractivity contribution in [3.63, 3.8) is 0 Å². The molecule has 0 unspecified atom stereocenters. The van der Waals surface area contributed by atoms with Crippen LogP contribution in [0.1, 0.15) is 32.0 Å². The Bertz CT molecular complexity index is 399. The normalized spacial score (nSPS) is 10.8. The zero-order chi connectivity index (χ0) is 14.3. The Balaban J connectivity index is 2.86. The van der Waals surface area contributed by atoms with Crippen LogP contribution in [0, 0.1) is 12.8 Å². The van der Waals surface area contributed by atoms with E-state index in [2.05, 4.69) is 48.6 Å². The first-order chi connectivity index (χ1) is 9.08. The van der Waals surface area contributed by atoms with Crippen LogP contribution >= 0.6 is 0 Å². The second-order valence-electron chi connectivity index (χ2n) is 5.31. The summed E-state index contributed by atoms with van der Waals surface area (Å²) in [5.41, 5.74) is 3.59. The summed E-state index contributed by atoms with van der Waals surface area (Å²) in [6, 6.07) is 2.17. The van der Waals surface area contributed by atoms with Crippen molar-refractivity contribution in [2.75, 3.05) is 24.5 Å². The Hall–Kier alpha value is -1.35. The lowest BCUT2D eigenvalue weighted by Gasteiger charge is -2.25. The minimum absolute atomic E-state index is 0.664. The predicted molar refractivity (Wildman–Crippen MR) is 83.6 cm³/mol. The minimum atomic E-state index is 0.664. The van der Waals surface area contributed by atoms with Crippen molar-refractivity contribution in [3.8, 4) is 0 Å². The van der Waals surface area contributed by atoms with Gasteiger partial charge in [-0.05, 0) is 32.4 Å². The Morgan fingerprint density at radius 2 is 2.21 bits per heavy atom. The molecule has 0 bridgehead atoms. The second kappa shape index (κ2) is 7.95. The quantitative estimate of drug-likeness (QED) is 0.729. The number of nitrogens with zero attached hydrogens (tertiary/aromatic N) is 2. The third kappa shape index (κ3) is 5.03. The van der Waals surface area contributed by atoms with Crippen molar-refractivity contribution in [3.05, 3.63) is 36.2 Å². The van der Waals surface area contributed by atoms with Crippen LogP contribution in [0.5, 0.6) is 0 Å². The lowest BCUT2D eigenvalue weighted by atomic mass is 10.1. The maximum atomic E-state index is 4.42. The maximum absolute atomic E-state index is 4.42. The monoisotopic (exact) mass is 261 g/mol. The summed E-state index contributed by atoms with van der Waals surface area (Å²) in [6.07, 6.45) is 3.94. The third-order valence-corrected chi connectivity index (χ3v) is 3.04. The van der Waals surface area contributed by atoms with Crippen LogP contribution in [0.2, 0.25) is 0 Å². The highest BCUT2D eigenvalue weighted by Crippen LogP contribution is 2.20. The first kappa shape index (κ1) is 15.7. The van der Waals surface area contributed by atoms with Gasteiger partial charge in [0.1, 0.15) is 0 Å². The summed E-state index contributed by atoms with van der Waals surface area (Å²) in [4.78, 5) is 6.75. The largest absolute Gasteiger partial charge is 0.368 e. The van der Waals surface area contributed by atoms with Crippen LogP contribution in [-0.2, 0) is 6.54 Å². The van der Waals surface area contributed by atoms with Gasteiger partial charge in [-0.1, -0.05) is 19.9 Å². The average Bonchev–Trinajstić information content (AvgIpc) is 2.37. The summed E-state index contributed by atoms with van der Waals surface area (Å²) in [6.45, 7) is 16.2. The van der Waals surface area contributed by atoms with E-state index in [4.69, 9.17) is 0 Å². The minimum Gasteiger partial charge on any atom is -0.368 e. The van der Waals surface area contributed by atoms with E-state index in [1.807, 2.05) is 19.2 Å². The molecule has 0 saturated carbocycles. The van der Waals surface area contributed by atoms with E-state index in [0.29, 0.717) is 5.92 Å². The Morgan fingerprint density at radius 3 is 2.79 bits per heavy atom. The summed E-state index contributed by atoms with van der Waals surface area (Å²) in [7, 11) is 0. The van der Waals surface area contributed by atoms with Crippen LogP contribution in [0.25, 0.3) is 0 Å². The molecule has 0 aliphatic rings. The van der Waals surface area contributed by atoms with Gasteiger partial charge in [0.25, 0.3) is 0 Å². The van der Waals surface area contributed by atoms with E-state index in [0.717, 1.165) is 31.9 Å². The number of aryl methyl sites for hydroxylation is 1. The van der Waals surface area contributed by atoms with Gasteiger partial charge in [0.2, 0.25) is 0 Å². The first-order valence-corrected chi connectivity index (χ1v) is 7.10. The fourth-order valence-corrected chi connectivity index (χ4v) is 2.05. The molecule has 0 spiro atoms. The van der Waals surface area contributed by atoms with Crippen LogP contribution in [0.15, 0.2) is 24.9 Å². The number of hydrogen-bond acceptors (Lipinski definition) is 3. The Labute approximate surface area is 117 Å². The number of nitrogens with one attached hydrogen (secondary N) is 1.